The van der Waals surface area contributed by atoms with Crippen molar-refractivity contribution < 1.29 is 18.3 Å². The van der Waals surface area contributed by atoms with Crippen molar-refractivity contribution in [2.45, 2.75) is 44.3 Å². The maximum absolute atomic E-state index is 13.5. The van der Waals surface area contributed by atoms with E-state index in [1.165, 1.54) is 6.33 Å². The molecule has 3 fully saturated rings. The van der Waals surface area contributed by atoms with Gasteiger partial charge in [0.05, 0.1) is 24.0 Å². The Morgan fingerprint density at radius 2 is 2.00 bits per heavy atom. The molecule has 0 saturated heterocycles. The summed E-state index contributed by atoms with van der Waals surface area (Å²) in [5, 5.41) is 18.2. The van der Waals surface area contributed by atoms with Crippen LogP contribution in [0.4, 0.5) is 36.3 Å². The number of fused-ring (bicyclic) bond motifs is 3. The average molecular weight is 446 g/mol. The highest BCUT2D eigenvalue weighted by atomic mass is 19.4. The number of nitrogens with one attached hydrogen (secondary N) is 1. The molecular formula is C20H21F3N8O. The van der Waals surface area contributed by atoms with E-state index in [0.717, 1.165) is 11.3 Å². The number of alkyl halides is 3. The van der Waals surface area contributed by atoms with E-state index >= 15 is 0 Å². The quantitative estimate of drug-likeness (QED) is 0.634. The van der Waals surface area contributed by atoms with Crippen molar-refractivity contribution in [2.75, 3.05) is 22.2 Å². The normalized spacial score (nSPS) is 28.9. The lowest BCUT2D eigenvalue weighted by Gasteiger charge is -2.48. The van der Waals surface area contributed by atoms with E-state index in [0.29, 0.717) is 30.0 Å². The molecule has 12 heteroatoms. The van der Waals surface area contributed by atoms with Gasteiger partial charge in [-0.2, -0.15) is 23.3 Å². The molecule has 0 aromatic carbocycles. The lowest BCUT2D eigenvalue weighted by Crippen LogP contribution is -2.58. The minimum absolute atomic E-state index is 0.0274. The highest BCUT2D eigenvalue weighted by Crippen LogP contribution is 2.64. The van der Waals surface area contributed by atoms with Gasteiger partial charge in [-0.25, -0.2) is 14.5 Å². The van der Waals surface area contributed by atoms with E-state index in [-0.39, 0.29) is 12.4 Å². The number of hydrogen-bond donors (Lipinski definition) is 2. The number of hydrogen-bond acceptors (Lipinski definition) is 8. The van der Waals surface area contributed by atoms with E-state index < -0.39 is 29.9 Å². The second-order valence-corrected chi connectivity index (χ2v) is 9.03. The van der Waals surface area contributed by atoms with E-state index in [1.54, 1.807) is 33.8 Å². The summed E-state index contributed by atoms with van der Waals surface area (Å²) in [4.78, 5) is 16.4. The number of aryl methyl sites for hydroxylation is 1. The second-order valence-electron chi connectivity index (χ2n) is 9.03. The Balaban J connectivity index is 1.35. The minimum atomic E-state index is -4.22. The van der Waals surface area contributed by atoms with Crippen LogP contribution in [0, 0.1) is 18.8 Å². The lowest BCUT2D eigenvalue weighted by molar-refractivity contribution is -0.180. The van der Waals surface area contributed by atoms with Gasteiger partial charge in [-0.15, -0.1) is 0 Å². The van der Waals surface area contributed by atoms with Gasteiger partial charge in [0.15, 0.2) is 11.5 Å². The molecule has 168 valence electrons. The van der Waals surface area contributed by atoms with Crippen LogP contribution in [0.25, 0.3) is 5.65 Å². The van der Waals surface area contributed by atoms with Crippen molar-refractivity contribution in [3.05, 3.63) is 30.4 Å². The Morgan fingerprint density at radius 1 is 1.22 bits per heavy atom. The first-order chi connectivity index (χ1) is 15.2. The van der Waals surface area contributed by atoms with E-state index in [9.17, 15) is 18.3 Å². The monoisotopic (exact) mass is 446 g/mol. The Morgan fingerprint density at radius 3 is 2.72 bits per heavy atom. The first-order valence-corrected chi connectivity index (χ1v) is 10.4. The molecule has 1 aliphatic heterocycles. The Labute approximate surface area is 180 Å². The van der Waals surface area contributed by atoms with Gasteiger partial charge < -0.3 is 20.2 Å². The third kappa shape index (κ3) is 2.61. The van der Waals surface area contributed by atoms with Crippen LogP contribution in [0.3, 0.4) is 0 Å². The van der Waals surface area contributed by atoms with Crippen molar-refractivity contribution in [3.63, 3.8) is 0 Å². The van der Waals surface area contributed by atoms with Crippen LogP contribution >= 0.6 is 0 Å². The molecule has 3 aliphatic carbocycles. The summed E-state index contributed by atoms with van der Waals surface area (Å²) < 4.78 is 42.0. The van der Waals surface area contributed by atoms with Crippen LogP contribution in [-0.4, -0.2) is 54.8 Å². The fraction of sp³-hybridized carbons (Fsp3) is 0.500. The van der Waals surface area contributed by atoms with Crippen LogP contribution in [0.15, 0.2) is 24.8 Å². The molecule has 2 bridgehead atoms. The summed E-state index contributed by atoms with van der Waals surface area (Å²) in [7, 11) is 1.69. The predicted molar refractivity (Wildman–Crippen MR) is 110 cm³/mol. The summed E-state index contributed by atoms with van der Waals surface area (Å²) in [6.07, 6.45) is 0.273. The van der Waals surface area contributed by atoms with Crippen molar-refractivity contribution in [3.8, 4) is 0 Å². The Bertz CT molecular complexity index is 1220. The van der Waals surface area contributed by atoms with Gasteiger partial charge in [0.1, 0.15) is 12.0 Å². The number of halogens is 3. The van der Waals surface area contributed by atoms with Gasteiger partial charge in [-0.3, -0.25) is 0 Å². The summed E-state index contributed by atoms with van der Waals surface area (Å²) in [6, 6.07) is 1.87. The van der Waals surface area contributed by atoms with Crippen molar-refractivity contribution in [1.29, 1.82) is 0 Å². The zero-order chi connectivity index (χ0) is 22.4. The number of aliphatic hydroxyl groups excluding tert-OH is 1. The molecule has 4 heterocycles. The third-order valence-electron chi connectivity index (χ3n) is 7.19. The molecule has 3 aromatic heterocycles. The standard InChI is InChI=1S/C20H21F3N8O/c1-10-3-15-25-9-26-30(15)8-13(10)27-17-24-7-14-16(28-17)31(18(32)29(14)2)19-4-11(5-19)12(6-19)20(21,22)23/h3,7-9,11-12,18,32H,4-6H2,1-2H3,(H,24,27,28). The van der Waals surface area contributed by atoms with E-state index in [2.05, 4.69) is 25.4 Å². The van der Waals surface area contributed by atoms with Crippen LogP contribution < -0.4 is 15.1 Å². The number of nitrogens with zero attached hydrogens (tertiary/aromatic N) is 7. The summed E-state index contributed by atoms with van der Waals surface area (Å²) in [5.74, 6) is -0.997. The summed E-state index contributed by atoms with van der Waals surface area (Å²) in [6.45, 7) is 1.91. The number of aliphatic hydroxyl groups is 1. The molecule has 32 heavy (non-hydrogen) atoms. The lowest BCUT2D eigenvalue weighted by atomic mass is 9.75. The topological polar surface area (TPSA) is 94.7 Å². The zero-order valence-electron chi connectivity index (χ0n) is 17.4. The molecule has 0 amide bonds. The highest BCUT2D eigenvalue weighted by molar-refractivity contribution is 5.76. The average Bonchev–Trinajstić information content (AvgIpc) is 3.44. The largest absolute Gasteiger partial charge is 0.392 e. The maximum Gasteiger partial charge on any atom is 0.392 e. The predicted octanol–water partition coefficient (Wildman–Crippen LogP) is 2.83. The van der Waals surface area contributed by atoms with Gasteiger partial charge in [0, 0.05) is 12.6 Å². The molecule has 2 unspecified atom stereocenters. The third-order valence-corrected chi connectivity index (χ3v) is 7.19. The minimum Gasteiger partial charge on any atom is -0.356 e. The van der Waals surface area contributed by atoms with Gasteiger partial charge in [-0.1, -0.05) is 0 Å². The van der Waals surface area contributed by atoms with E-state index in [4.69, 9.17) is 0 Å². The molecule has 2 atom stereocenters. The maximum atomic E-state index is 13.5. The summed E-state index contributed by atoms with van der Waals surface area (Å²) >= 11 is 0. The van der Waals surface area contributed by atoms with Crippen LogP contribution in [0.2, 0.25) is 0 Å². The Kier molecular flexibility index (Phi) is 3.79. The van der Waals surface area contributed by atoms with Gasteiger partial charge in [0.25, 0.3) is 0 Å². The molecule has 0 spiro atoms. The van der Waals surface area contributed by atoms with Crippen LogP contribution in [0.1, 0.15) is 24.8 Å². The van der Waals surface area contributed by atoms with Gasteiger partial charge in [0.2, 0.25) is 12.3 Å². The summed E-state index contributed by atoms with van der Waals surface area (Å²) in [5.41, 5.74) is 2.18. The second kappa shape index (κ2) is 6.21. The van der Waals surface area contributed by atoms with Crippen molar-refractivity contribution in [1.82, 2.24) is 24.6 Å². The molecule has 2 N–H and O–H groups in total. The molecule has 4 aliphatic rings. The SMILES string of the molecule is Cc1cc2ncnn2cc1Nc1ncc2c(n1)N(C13CC(C1)C(C(F)(F)F)C3)C(O)N2C. The molecule has 3 aromatic rings. The first-order valence-electron chi connectivity index (χ1n) is 10.4. The Hall–Kier alpha value is -3.15. The van der Waals surface area contributed by atoms with Crippen molar-refractivity contribution in [2.24, 2.45) is 11.8 Å². The fourth-order valence-electron chi connectivity index (χ4n) is 5.56. The fourth-order valence-corrected chi connectivity index (χ4v) is 5.56. The molecule has 9 nitrogen and oxygen atoms in total. The zero-order valence-corrected chi connectivity index (χ0v) is 17.4. The number of aromatic nitrogens is 5. The van der Waals surface area contributed by atoms with Crippen LogP contribution in [-0.2, 0) is 0 Å². The highest BCUT2D eigenvalue weighted by Gasteiger charge is 2.68. The number of rotatable bonds is 3. The molecule has 3 saturated carbocycles. The number of pyridine rings is 1. The van der Waals surface area contributed by atoms with Gasteiger partial charge in [-0.05, 0) is 43.7 Å². The molecular weight excluding hydrogens is 425 g/mol. The molecule has 7 rings (SSSR count). The van der Waals surface area contributed by atoms with Crippen molar-refractivity contribution >= 4 is 28.8 Å². The first kappa shape index (κ1) is 19.5. The smallest absolute Gasteiger partial charge is 0.356 e. The van der Waals surface area contributed by atoms with Gasteiger partial charge >= 0.3 is 6.18 Å². The molecule has 0 radical (unpaired) electrons. The van der Waals surface area contributed by atoms with Crippen LogP contribution in [0.5, 0.6) is 0 Å². The number of anilines is 4. The van der Waals surface area contributed by atoms with E-state index in [1.807, 2.05) is 13.0 Å².